The molecular weight excluding hydrogens is 424 g/mol. The molecule has 4 rings (SSSR count). The molecule has 4 aromatic rings. The van der Waals surface area contributed by atoms with E-state index in [0.29, 0.717) is 12.4 Å². The Morgan fingerprint density at radius 2 is 1.74 bits per heavy atom. The maximum absolute atomic E-state index is 13.4. The van der Waals surface area contributed by atoms with Gasteiger partial charge in [-0.3, -0.25) is 9.13 Å². The lowest BCUT2D eigenvalue weighted by Gasteiger charge is -2.14. The van der Waals surface area contributed by atoms with Crippen LogP contribution in [0.5, 0.6) is 0 Å². The Morgan fingerprint density at radius 1 is 0.971 bits per heavy atom. The number of hydrogen-bond acceptors (Lipinski definition) is 4. The van der Waals surface area contributed by atoms with E-state index in [4.69, 9.17) is 0 Å². The van der Waals surface area contributed by atoms with Crippen molar-refractivity contribution in [1.29, 1.82) is 0 Å². The van der Waals surface area contributed by atoms with Crippen molar-refractivity contribution in [1.82, 2.24) is 29.8 Å². The third-order valence-corrected chi connectivity index (χ3v) is 6.49. The first-order valence-corrected chi connectivity index (χ1v) is 12.4. The second-order valence-electron chi connectivity index (χ2n) is 8.84. The summed E-state index contributed by atoms with van der Waals surface area (Å²) in [6.45, 7) is 7.13. The molecule has 0 saturated heterocycles. The number of aryl methyl sites for hydroxylation is 1. The molecular formula is C27H34N6O. The summed E-state index contributed by atoms with van der Waals surface area (Å²) in [5.74, 6) is 0.644. The zero-order valence-electron chi connectivity index (χ0n) is 20.4. The van der Waals surface area contributed by atoms with Gasteiger partial charge in [0.1, 0.15) is 0 Å². The molecule has 0 amide bonds. The van der Waals surface area contributed by atoms with Gasteiger partial charge in [0.05, 0.1) is 6.54 Å². The highest BCUT2D eigenvalue weighted by atomic mass is 16.1. The standard InChI is InChI=1S/C27H34N6O/c1-4-7-11-23-19-33(22(6-3)10-5-2)27(34)32(23)18-20-14-16-21(17-15-20)24-12-8-9-13-25(24)26-28-30-31-29-26/h8-9,12-17,19,22H,4-7,10-11,18H2,1-3H3,(H,28,29,30,31). The van der Waals surface area contributed by atoms with Crippen molar-refractivity contribution in [2.45, 2.75) is 71.9 Å². The van der Waals surface area contributed by atoms with E-state index in [-0.39, 0.29) is 11.7 Å². The molecule has 1 N–H and O–H groups in total. The Bertz CT molecular complexity index is 1240. The average Bonchev–Trinajstić information content (AvgIpc) is 3.51. The van der Waals surface area contributed by atoms with Crippen molar-refractivity contribution < 1.29 is 0 Å². The van der Waals surface area contributed by atoms with E-state index in [1.54, 1.807) is 0 Å². The first kappa shape index (κ1) is 23.7. The summed E-state index contributed by atoms with van der Waals surface area (Å²) < 4.78 is 3.95. The lowest BCUT2D eigenvalue weighted by atomic mass is 9.98. The van der Waals surface area contributed by atoms with Gasteiger partial charge in [0.2, 0.25) is 0 Å². The molecule has 2 heterocycles. The summed E-state index contributed by atoms with van der Waals surface area (Å²) >= 11 is 0. The van der Waals surface area contributed by atoms with Gasteiger partial charge in [-0.05, 0) is 52.8 Å². The van der Waals surface area contributed by atoms with Gasteiger partial charge in [-0.15, -0.1) is 5.10 Å². The Balaban J connectivity index is 1.63. The summed E-state index contributed by atoms with van der Waals surface area (Å²) in [4.78, 5) is 13.4. The van der Waals surface area contributed by atoms with Gasteiger partial charge in [0, 0.05) is 23.5 Å². The van der Waals surface area contributed by atoms with Gasteiger partial charge in [-0.1, -0.05) is 82.1 Å². The van der Waals surface area contributed by atoms with E-state index >= 15 is 0 Å². The van der Waals surface area contributed by atoms with Crippen LogP contribution in [0.2, 0.25) is 0 Å². The Kier molecular flexibility index (Phi) is 7.72. The van der Waals surface area contributed by atoms with E-state index < -0.39 is 0 Å². The third-order valence-electron chi connectivity index (χ3n) is 6.49. The largest absolute Gasteiger partial charge is 0.328 e. The summed E-state index contributed by atoms with van der Waals surface area (Å²) in [5.41, 5.74) is 5.46. The molecule has 0 aliphatic carbocycles. The number of nitrogens with one attached hydrogen (secondary N) is 1. The minimum absolute atomic E-state index is 0.110. The monoisotopic (exact) mass is 458 g/mol. The summed E-state index contributed by atoms with van der Waals surface area (Å²) in [6.07, 6.45) is 8.31. The molecule has 0 spiro atoms. The molecule has 0 radical (unpaired) electrons. The van der Waals surface area contributed by atoms with Gasteiger partial charge in [-0.25, -0.2) is 9.89 Å². The third kappa shape index (κ3) is 5.03. The molecule has 1 unspecified atom stereocenters. The zero-order chi connectivity index (χ0) is 23.9. The average molecular weight is 459 g/mol. The van der Waals surface area contributed by atoms with Crippen molar-refractivity contribution in [2.24, 2.45) is 0 Å². The van der Waals surface area contributed by atoms with Crippen molar-refractivity contribution in [2.75, 3.05) is 0 Å². The zero-order valence-corrected chi connectivity index (χ0v) is 20.4. The number of imidazole rings is 1. The van der Waals surface area contributed by atoms with Crippen LogP contribution in [-0.2, 0) is 13.0 Å². The molecule has 0 fully saturated rings. The molecule has 34 heavy (non-hydrogen) atoms. The smallest absolute Gasteiger partial charge is 0.296 e. The number of unbranched alkanes of at least 4 members (excludes halogenated alkanes) is 1. The Morgan fingerprint density at radius 3 is 2.38 bits per heavy atom. The highest BCUT2D eigenvalue weighted by Crippen LogP contribution is 2.30. The lowest BCUT2D eigenvalue weighted by molar-refractivity contribution is 0.431. The molecule has 0 bridgehead atoms. The molecule has 7 nitrogen and oxygen atoms in total. The van der Waals surface area contributed by atoms with Crippen LogP contribution < -0.4 is 5.69 Å². The number of aromatic nitrogens is 6. The van der Waals surface area contributed by atoms with Crippen molar-refractivity contribution in [3.05, 3.63) is 76.5 Å². The van der Waals surface area contributed by atoms with Crippen LogP contribution in [0, 0.1) is 0 Å². The summed E-state index contributed by atoms with van der Waals surface area (Å²) in [5, 5.41) is 14.3. The fraction of sp³-hybridized carbons (Fsp3) is 0.407. The predicted molar refractivity (Wildman–Crippen MR) is 136 cm³/mol. The molecule has 7 heteroatoms. The number of hydrogen-bond donors (Lipinski definition) is 1. The minimum Gasteiger partial charge on any atom is -0.296 e. The number of benzene rings is 2. The van der Waals surface area contributed by atoms with Crippen LogP contribution in [0.4, 0.5) is 0 Å². The van der Waals surface area contributed by atoms with Gasteiger partial charge in [0.15, 0.2) is 5.82 Å². The molecule has 0 aliphatic rings. The fourth-order valence-electron chi connectivity index (χ4n) is 4.60. The van der Waals surface area contributed by atoms with Crippen LogP contribution in [-0.4, -0.2) is 29.8 Å². The molecule has 0 saturated carbocycles. The molecule has 0 aliphatic heterocycles. The number of nitrogens with zero attached hydrogens (tertiary/aromatic N) is 5. The molecule has 2 aromatic heterocycles. The topological polar surface area (TPSA) is 81.4 Å². The molecule has 2 aromatic carbocycles. The van der Waals surface area contributed by atoms with E-state index in [9.17, 15) is 4.79 Å². The van der Waals surface area contributed by atoms with Gasteiger partial charge < -0.3 is 0 Å². The highest BCUT2D eigenvalue weighted by molar-refractivity contribution is 5.80. The predicted octanol–water partition coefficient (Wildman–Crippen LogP) is 5.64. The van der Waals surface area contributed by atoms with Crippen LogP contribution in [0.25, 0.3) is 22.5 Å². The van der Waals surface area contributed by atoms with Gasteiger partial charge in [-0.2, -0.15) is 0 Å². The highest BCUT2D eigenvalue weighted by Gasteiger charge is 2.17. The summed E-state index contributed by atoms with van der Waals surface area (Å²) in [7, 11) is 0. The van der Waals surface area contributed by atoms with E-state index in [1.807, 2.05) is 27.3 Å². The Hall–Kier alpha value is -3.48. The molecule has 1 atom stereocenters. The minimum atomic E-state index is 0.110. The second kappa shape index (κ2) is 11.1. The van der Waals surface area contributed by atoms with Gasteiger partial charge >= 0.3 is 5.69 Å². The first-order valence-electron chi connectivity index (χ1n) is 12.4. The first-order chi connectivity index (χ1) is 16.7. The Labute approximate surface area is 200 Å². The van der Waals surface area contributed by atoms with Crippen molar-refractivity contribution >= 4 is 0 Å². The summed E-state index contributed by atoms with van der Waals surface area (Å²) in [6, 6.07) is 16.8. The van der Waals surface area contributed by atoms with E-state index in [0.717, 1.165) is 66.5 Å². The van der Waals surface area contributed by atoms with Crippen LogP contribution in [0.15, 0.2) is 59.5 Å². The number of tetrazole rings is 1. The maximum atomic E-state index is 13.4. The van der Waals surface area contributed by atoms with Crippen LogP contribution >= 0.6 is 0 Å². The quantitative estimate of drug-likeness (QED) is 0.315. The second-order valence-corrected chi connectivity index (χ2v) is 8.84. The van der Waals surface area contributed by atoms with E-state index in [1.165, 1.54) is 0 Å². The normalized spacial score (nSPS) is 12.2. The number of aromatic amines is 1. The lowest BCUT2D eigenvalue weighted by Crippen LogP contribution is -2.28. The fourth-order valence-corrected chi connectivity index (χ4v) is 4.60. The van der Waals surface area contributed by atoms with Crippen molar-refractivity contribution in [3.63, 3.8) is 0 Å². The van der Waals surface area contributed by atoms with Gasteiger partial charge in [0.25, 0.3) is 0 Å². The van der Waals surface area contributed by atoms with Crippen molar-refractivity contribution in [3.8, 4) is 22.5 Å². The van der Waals surface area contributed by atoms with E-state index in [2.05, 4.69) is 77.9 Å². The number of rotatable bonds is 11. The SMILES string of the molecule is CCCCc1cn(C(CC)CCC)c(=O)n1Cc1ccc(-c2ccccc2-c2nnn[nH]2)cc1. The maximum Gasteiger partial charge on any atom is 0.328 e. The van der Waals surface area contributed by atoms with Crippen LogP contribution in [0.3, 0.4) is 0 Å². The molecule has 178 valence electrons. The van der Waals surface area contributed by atoms with Crippen LogP contribution in [0.1, 0.15) is 70.2 Å². The number of H-pyrrole nitrogens is 1.